The zero-order chi connectivity index (χ0) is 26.1. The summed E-state index contributed by atoms with van der Waals surface area (Å²) in [6.45, 7) is 2.26. The molecule has 4 aromatic carbocycles. The van der Waals surface area contributed by atoms with Crippen LogP contribution in [-0.2, 0) is 9.59 Å². The van der Waals surface area contributed by atoms with E-state index < -0.39 is 17.7 Å². The molecule has 1 atom stereocenters. The molecule has 1 N–H and O–H groups in total. The second-order valence-electron chi connectivity index (χ2n) is 8.51. The minimum absolute atomic E-state index is 0.0558. The zero-order valence-electron chi connectivity index (χ0n) is 20.3. The lowest BCUT2D eigenvalue weighted by molar-refractivity contribution is -0.132. The van der Waals surface area contributed by atoms with Crippen molar-refractivity contribution in [3.05, 3.63) is 107 Å². The van der Waals surface area contributed by atoms with Crippen molar-refractivity contribution in [2.75, 3.05) is 18.6 Å². The fourth-order valence-electron chi connectivity index (χ4n) is 4.73. The molecule has 1 heterocycles. The van der Waals surface area contributed by atoms with Crippen LogP contribution in [0.25, 0.3) is 16.5 Å². The molecule has 0 saturated carbocycles. The minimum atomic E-state index is -0.912. The maximum atomic E-state index is 13.6. The first-order chi connectivity index (χ1) is 17.9. The van der Waals surface area contributed by atoms with Crippen LogP contribution in [-0.4, -0.2) is 30.5 Å². The summed E-state index contributed by atoms with van der Waals surface area (Å²) < 4.78 is 10.9. The second-order valence-corrected chi connectivity index (χ2v) is 8.92. The Balaban J connectivity index is 1.80. The first-order valence-electron chi connectivity index (χ1n) is 11.8. The number of aliphatic hydroxyl groups excluding tert-OH is 1. The highest BCUT2D eigenvalue weighted by Gasteiger charge is 2.47. The highest BCUT2D eigenvalue weighted by atomic mass is 35.5. The van der Waals surface area contributed by atoms with Gasteiger partial charge in [-0.05, 0) is 53.6 Å². The number of carbonyl (C=O) groups excluding carboxylic acids is 2. The highest BCUT2D eigenvalue weighted by Crippen LogP contribution is 2.45. The van der Waals surface area contributed by atoms with Gasteiger partial charge in [0.05, 0.1) is 30.4 Å². The zero-order valence-corrected chi connectivity index (χ0v) is 21.0. The first-order valence-corrected chi connectivity index (χ1v) is 12.2. The van der Waals surface area contributed by atoms with Gasteiger partial charge in [0.1, 0.15) is 17.3 Å². The number of Topliss-reactive ketones (excluding diaryl/α,β-unsaturated/α-hetero) is 1. The molecule has 37 heavy (non-hydrogen) atoms. The van der Waals surface area contributed by atoms with Crippen LogP contribution in [0.3, 0.4) is 0 Å². The first kappa shape index (κ1) is 24.4. The number of benzene rings is 4. The molecule has 1 amide bonds. The Morgan fingerprint density at radius 1 is 0.946 bits per heavy atom. The average molecular weight is 514 g/mol. The third kappa shape index (κ3) is 4.30. The molecule has 0 aliphatic carbocycles. The second kappa shape index (κ2) is 9.99. The maximum Gasteiger partial charge on any atom is 0.300 e. The maximum absolute atomic E-state index is 13.6. The van der Waals surface area contributed by atoms with E-state index in [9.17, 15) is 14.7 Å². The number of amides is 1. The summed E-state index contributed by atoms with van der Waals surface area (Å²) in [6.07, 6.45) is 0. The lowest BCUT2D eigenvalue weighted by Gasteiger charge is -2.27. The fraction of sp³-hybridized carbons (Fsp3) is 0.133. The lowest BCUT2D eigenvalue weighted by Crippen LogP contribution is -2.29. The van der Waals surface area contributed by atoms with Gasteiger partial charge in [0, 0.05) is 17.3 Å². The molecule has 7 heteroatoms. The molecule has 186 valence electrons. The van der Waals surface area contributed by atoms with Crippen LogP contribution in [0.4, 0.5) is 5.69 Å². The Morgan fingerprint density at radius 2 is 1.70 bits per heavy atom. The summed E-state index contributed by atoms with van der Waals surface area (Å²) in [6, 6.07) is 24.2. The monoisotopic (exact) mass is 513 g/mol. The van der Waals surface area contributed by atoms with Gasteiger partial charge in [0.2, 0.25) is 0 Å². The summed E-state index contributed by atoms with van der Waals surface area (Å²) in [4.78, 5) is 28.5. The molecule has 0 bridgehead atoms. The number of hydrogen-bond donors (Lipinski definition) is 1. The molecule has 6 nitrogen and oxygen atoms in total. The van der Waals surface area contributed by atoms with Gasteiger partial charge in [-0.3, -0.25) is 14.5 Å². The molecular weight excluding hydrogens is 490 g/mol. The third-order valence-electron chi connectivity index (χ3n) is 6.40. The standard InChI is InChI=1S/C30H24ClNO5/c1-3-37-21-14-15-25(31)24(17-21)28(33)26-27(23-13-6-9-18-8-4-5-12-22(18)23)32(30(35)29(26)34)19-10-7-11-20(16-19)36-2/h4-17,27,33H,3H2,1-2H3/b28-26+. The van der Waals surface area contributed by atoms with E-state index in [1.165, 1.54) is 12.0 Å². The number of hydrogen-bond acceptors (Lipinski definition) is 5. The van der Waals surface area contributed by atoms with Crippen LogP contribution in [0.15, 0.2) is 90.5 Å². The van der Waals surface area contributed by atoms with Gasteiger partial charge >= 0.3 is 0 Å². The van der Waals surface area contributed by atoms with E-state index in [2.05, 4.69) is 0 Å². The number of ketones is 1. The average Bonchev–Trinajstić information content (AvgIpc) is 3.19. The lowest BCUT2D eigenvalue weighted by atomic mass is 9.91. The van der Waals surface area contributed by atoms with Crippen molar-refractivity contribution in [3.8, 4) is 11.5 Å². The quantitative estimate of drug-likeness (QED) is 0.180. The van der Waals surface area contributed by atoms with Gasteiger partial charge in [-0.15, -0.1) is 0 Å². The van der Waals surface area contributed by atoms with Crippen molar-refractivity contribution in [3.63, 3.8) is 0 Å². The van der Waals surface area contributed by atoms with Gasteiger partial charge in [-0.1, -0.05) is 60.1 Å². The molecule has 1 aliphatic heterocycles. The van der Waals surface area contributed by atoms with Crippen molar-refractivity contribution in [1.82, 2.24) is 0 Å². The van der Waals surface area contributed by atoms with E-state index in [0.29, 0.717) is 29.4 Å². The Bertz CT molecular complexity index is 1560. The number of rotatable bonds is 6. The topological polar surface area (TPSA) is 76.1 Å². The van der Waals surface area contributed by atoms with E-state index in [-0.39, 0.29) is 21.9 Å². The molecule has 1 saturated heterocycles. The Labute approximate surface area is 219 Å². The molecule has 1 aliphatic rings. The van der Waals surface area contributed by atoms with Gasteiger partial charge in [0.15, 0.2) is 0 Å². The smallest absolute Gasteiger partial charge is 0.300 e. The predicted molar refractivity (Wildman–Crippen MR) is 144 cm³/mol. The van der Waals surface area contributed by atoms with E-state index in [1.807, 2.05) is 49.4 Å². The molecule has 1 fully saturated rings. The normalized spacial score (nSPS) is 16.8. The molecule has 0 aromatic heterocycles. The number of ether oxygens (including phenoxy) is 2. The van der Waals surface area contributed by atoms with Crippen molar-refractivity contribution in [2.24, 2.45) is 0 Å². The number of aliphatic hydroxyl groups is 1. The van der Waals surface area contributed by atoms with E-state index in [0.717, 1.165) is 10.8 Å². The summed E-state index contributed by atoms with van der Waals surface area (Å²) in [7, 11) is 1.53. The van der Waals surface area contributed by atoms with Gasteiger partial charge in [-0.2, -0.15) is 0 Å². The summed E-state index contributed by atoms with van der Waals surface area (Å²) in [5.74, 6) is -0.921. The molecule has 5 rings (SSSR count). The summed E-state index contributed by atoms with van der Waals surface area (Å²) >= 11 is 6.46. The van der Waals surface area contributed by atoms with Crippen molar-refractivity contribution in [2.45, 2.75) is 13.0 Å². The number of halogens is 1. The van der Waals surface area contributed by atoms with Crippen LogP contribution < -0.4 is 14.4 Å². The van der Waals surface area contributed by atoms with Crippen molar-refractivity contribution in [1.29, 1.82) is 0 Å². The van der Waals surface area contributed by atoms with Gasteiger partial charge < -0.3 is 14.6 Å². The van der Waals surface area contributed by atoms with Crippen molar-refractivity contribution < 1.29 is 24.2 Å². The van der Waals surface area contributed by atoms with Crippen LogP contribution >= 0.6 is 11.6 Å². The Kier molecular flexibility index (Phi) is 6.59. The largest absolute Gasteiger partial charge is 0.507 e. The molecule has 0 radical (unpaired) electrons. The molecule has 4 aromatic rings. The molecule has 0 spiro atoms. The number of carbonyl (C=O) groups is 2. The predicted octanol–water partition coefficient (Wildman–Crippen LogP) is 6.53. The van der Waals surface area contributed by atoms with E-state index in [4.69, 9.17) is 21.1 Å². The number of methoxy groups -OCH3 is 1. The number of fused-ring (bicyclic) bond motifs is 1. The Morgan fingerprint density at radius 3 is 2.49 bits per heavy atom. The summed E-state index contributed by atoms with van der Waals surface area (Å²) in [5.41, 5.74) is 1.31. The highest BCUT2D eigenvalue weighted by molar-refractivity contribution is 6.52. The van der Waals surface area contributed by atoms with Crippen LogP contribution in [0, 0.1) is 0 Å². The van der Waals surface area contributed by atoms with Crippen LogP contribution in [0.5, 0.6) is 11.5 Å². The van der Waals surface area contributed by atoms with E-state index >= 15 is 0 Å². The van der Waals surface area contributed by atoms with E-state index in [1.54, 1.807) is 42.5 Å². The molecule has 1 unspecified atom stereocenters. The SMILES string of the molecule is CCOc1ccc(Cl)c(/C(O)=C2\C(=O)C(=O)N(c3cccc(OC)c3)C2c2cccc3ccccc23)c1. The minimum Gasteiger partial charge on any atom is -0.507 e. The van der Waals surface area contributed by atoms with Gasteiger partial charge in [0.25, 0.3) is 11.7 Å². The number of anilines is 1. The van der Waals surface area contributed by atoms with Crippen molar-refractivity contribution >= 4 is 45.5 Å². The summed E-state index contributed by atoms with van der Waals surface area (Å²) in [5, 5.41) is 13.6. The van der Waals surface area contributed by atoms with Crippen LogP contribution in [0.2, 0.25) is 5.02 Å². The Hall–Kier alpha value is -4.29. The molecular formula is C30H24ClNO5. The van der Waals surface area contributed by atoms with Crippen LogP contribution in [0.1, 0.15) is 24.1 Å². The fourth-order valence-corrected chi connectivity index (χ4v) is 4.94. The number of nitrogens with zero attached hydrogens (tertiary/aromatic N) is 1. The van der Waals surface area contributed by atoms with Gasteiger partial charge in [-0.25, -0.2) is 0 Å². The third-order valence-corrected chi connectivity index (χ3v) is 6.73.